The standard InChI is InChI=1S/C11H10NO.Zn/c1-2-6-10(7-3-1)13-11-8-4-5-9-12-11;/h1-4,6,8H,5,9H2;/q-1;. The number of hydrogen-bond donors (Lipinski definition) is 0. The van der Waals surface area contributed by atoms with Gasteiger partial charge in [-0.1, -0.05) is 6.08 Å². The third-order valence-electron chi connectivity index (χ3n) is 1.72. The van der Waals surface area contributed by atoms with E-state index in [1.165, 1.54) is 0 Å². The van der Waals surface area contributed by atoms with Crippen molar-refractivity contribution >= 4 is 5.90 Å². The van der Waals surface area contributed by atoms with Crippen LogP contribution in [0.15, 0.2) is 41.4 Å². The molecule has 0 saturated carbocycles. The Morgan fingerprint density at radius 2 is 2.29 bits per heavy atom. The average Bonchev–Trinajstić information content (AvgIpc) is 2.21. The van der Waals surface area contributed by atoms with Crippen LogP contribution in [0, 0.1) is 6.07 Å². The maximum atomic E-state index is 5.46. The first-order chi connectivity index (χ1) is 6.45. The predicted octanol–water partition coefficient (Wildman–Crippen LogP) is 2.22. The van der Waals surface area contributed by atoms with Gasteiger partial charge in [0, 0.05) is 31.8 Å². The van der Waals surface area contributed by atoms with Gasteiger partial charge in [0.25, 0.3) is 0 Å². The Kier molecular flexibility index (Phi) is 4.54. The molecule has 2 rings (SSSR count). The number of para-hydroxylation sites is 1. The summed E-state index contributed by atoms with van der Waals surface area (Å²) in [5.74, 6) is 1.39. The van der Waals surface area contributed by atoms with Crippen molar-refractivity contribution in [2.24, 2.45) is 4.99 Å². The molecule has 0 radical (unpaired) electrons. The molecule has 1 aromatic carbocycles. The molecule has 68 valence electrons. The van der Waals surface area contributed by atoms with Crippen molar-refractivity contribution in [3.8, 4) is 5.75 Å². The molecule has 1 aliphatic rings. The minimum absolute atomic E-state index is 0. The predicted molar refractivity (Wildman–Crippen MR) is 52.0 cm³/mol. The molecule has 3 heteroatoms. The van der Waals surface area contributed by atoms with Crippen molar-refractivity contribution in [3.63, 3.8) is 0 Å². The monoisotopic (exact) mass is 236 g/mol. The molecule has 0 spiro atoms. The second kappa shape index (κ2) is 5.71. The molecular formula is C11H10NOZn-. The molecule has 2 nitrogen and oxygen atoms in total. The van der Waals surface area contributed by atoms with Gasteiger partial charge in [0.05, 0.1) is 0 Å². The van der Waals surface area contributed by atoms with Crippen molar-refractivity contribution in [3.05, 3.63) is 42.5 Å². The molecule has 0 saturated heterocycles. The average molecular weight is 238 g/mol. The Hall–Kier alpha value is -0.947. The SMILES string of the molecule is [Zn].[c-]1ccccc1OC1=NCCC=C1. The summed E-state index contributed by atoms with van der Waals surface area (Å²) in [6.45, 7) is 0.818. The molecule has 0 amide bonds. The van der Waals surface area contributed by atoms with E-state index in [9.17, 15) is 0 Å². The molecule has 1 aliphatic heterocycles. The van der Waals surface area contributed by atoms with Crippen molar-refractivity contribution < 1.29 is 24.2 Å². The van der Waals surface area contributed by atoms with Crippen LogP contribution in [0.4, 0.5) is 0 Å². The van der Waals surface area contributed by atoms with Gasteiger partial charge in [0.1, 0.15) is 0 Å². The molecule has 0 atom stereocenters. The van der Waals surface area contributed by atoms with Crippen molar-refractivity contribution in [1.29, 1.82) is 0 Å². The summed E-state index contributed by atoms with van der Waals surface area (Å²) in [5.41, 5.74) is 0. The Morgan fingerprint density at radius 1 is 1.36 bits per heavy atom. The van der Waals surface area contributed by atoms with E-state index in [-0.39, 0.29) is 19.5 Å². The van der Waals surface area contributed by atoms with Crippen molar-refractivity contribution in [1.82, 2.24) is 0 Å². The van der Waals surface area contributed by atoms with Gasteiger partial charge < -0.3 is 4.74 Å². The second-order valence-corrected chi connectivity index (χ2v) is 2.74. The normalized spacial score (nSPS) is 14.1. The molecule has 0 unspecified atom stereocenters. The summed E-state index contributed by atoms with van der Waals surface area (Å²) >= 11 is 0. The van der Waals surface area contributed by atoms with Gasteiger partial charge in [0.15, 0.2) is 0 Å². The van der Waals surface area contributed by atoms with Crippen LogP contribution in [0.1, 0.15) is 6.42 Å². The quantitative estimate of drug-likeness (QED) is 0.542. The molecule has 0 N–H and O–H groups in total. The Labute approximate surface area is 96.5 Å². The number of dihydropyridines is 1. The molecule has 0 aliphatic carbocycles. The third kappa shape index (κ3) is 3.08. The number of nitrogens with zero attached hydrogens (tertiary/aromatic N) is 1. The first-order valence-electron chi connectivity index (χ1n) is 4.31. The minimum Gasteiger partial charge on any atom is -0.466 e. The maximum Gasteiger partial charge on any atom is 0.211 e. The third-order valence-corrected chi connectivity index (χ3v) is 1.72. The van der Waals surface area contributed by atoms with Crippen molar-refractivity contribution in [2.45, 2.75) is 6.42 Å². The van der Waals surface area contributed by atoms with Gasteiger partial charge in [-0.25, -0.2) is 0 Å². The summed E-state index contributed by atoms with van der Waals surface area (Å²) in [7, 11) is 0. The molecule has 1 heterocycles. The van der Waals surface area contributed by atoms with Gasteiger partial charge in [0.2, 0.25) is 5.90 Å². The van der Waals surface area contributed by atoms with Crippen LogP contribution in [-0.2, 0) is 19.5 Å². The van der Waals surface area contributed by atoms with E-state index in [0.29, 0.717) is 11.6 Å². The summed E-state index contributed by atoms with van der Waals surface area (Å²) in [6.07, 6.45) is 4.96. The fraction of sp³-hybridized carbons (Fsp3) is 0.182. The van der Waals surface area contributed by atoms with E-state index in [0.717, 1.165) is 13.0 Å². The largest absolute Gasteiger partial charge is 0.466 e. The van der Waals surface area contributed by atoms with Gasteiger partial charge >= 0.3 is 0 Å². The van der Waals surface area contributed by atoms with Gasteiger partial charge in [-0.3, -0.25) is 4.99 Å². The zero-order valence-electron chi connectivity index (χ0n) is 7.94. The van der Waals surface area contributed by atoms with Crippen molar-refractivity contribution in [2.75, 3.05) is 6.54 Å². The first-order valence-corrected chi connectivity index (χ1v) is 4.31. The zero-order chi connectivity index (χ0) is 8.93. The van der Waals surface area contributed by atoms with Gasteiger partial charge in [-0.05, 0) is 12.5 Å². The number of aliphatic imine (C=N–C) groups is 1. The number of rotatable bonds is 1. The fourth-order valence-corrected chi connectivity index (χ4v) is 1.11. The van der Waals surface area contributed by atoms with E-state index in [2.05, 4.69) is 17.1 Å². The van der Waals surface area contributed by atoms with Gasteiger partial charge in [-0.2, -0.15) is 18.2 Å². The van der Waals surface area contributed by atoms with Crippen LogP contribution in [0.2, 0.25) is 0 Å². The van der Waals surface area contributed by atoms with E-state index in [4.69, 9.17) is 4.74 Å². The molecule has 0 bridgehead atoms. The summed E-state index contributed by atoms with van der Waals surface area (Å²) < 4.78 is 5.46. The molecule has 0 aromatic heterocycles. The molecule has 14 heavy (non-hydrogen) atoms. The molecular weight excluding hydrogens is 228 g/mol. The first kappa shape index (κ1) is 11.1. The topological polar surface area (TPSA) is 21.6 Å². The van der Waals surface area contributed by atoms with Crippen LogP contribution in [0.25, 0.3) is 0 Å². The summed E-state index contributed by atoms with van der Waals surface area (Å²) in [5, 5.41) is 0. The van der Waals surface area contributed by atoms with Crippen LogP contribution < -0.4 is 4.74 Å². The number of benzene rings is 1. The van der Waals surface area contributed by atoms with E-state index in [1.54, 1.807) is 0 Å². The van der Waals surface area contributed by atoms with Crippen LogP contribution >= 0.6 is 0 Å². The summed E-state index contributed by atoms with van der Waals surface area (Å²) in [4.78, 5) is 4.21. The Morgan fingerprint density at radius 3 is 2.93 bits per heavy atom. The fourth-order valence-electron chi connectivity index (χ4n) is 1.11. The van der Waals surface area contributed by atoms with E-state index < -0.39 is 0 Å². The van der Waals surface area contributed by atoms with Crippen LogP contribution in [0.5, 0.6) is 5.75 Å². The second-order valence-electron chi connectivity index (χ2n) is 2.74. The molecule has 0 fully saturated rings. The van der Waals surface area contributed by atoms with Crippen LogP contribution in [0.3, 0.4) is 0 Å². The van der Waals surface area contributed by atoms with E-state index in [1.807, 2.05) is 30.3 Å². The zero-order valence-corrected chi connectivity index (χ0v) is 10.9. The number of hydrogen-bond acceptors (Lipinski definition) is 2. The number of ether oxygens (including phenoxy) is 1. The van der Waals surface area contributed by atoms with Gasteiger partial charge in [-0.15, -0.1) is 12.1 Å². The summed E-state index contributed by atoms with van der Waals surface area (Å²) in [6, 6.07) is 10.5. The van der Waals surface area contributed by atoms with Crippen LogP contribution in [-0.4, -0.2) is 12.4 Å². The minimum atomic E-state index is 0. The Balaban J connectivity index is 0.000000980. The maximum absolute atomic E-state index is 5.46. The Bertz CT molecular complexity index is 332. The smallest absolute Gasteiger partial charge is 0.211 e. The molecule has 1 aromatic rings. The van der Waals surface area contributed by atoms with E-state index >= 15 is 0 Å².